The van der Waals surface area contributed by atoms with Gasteiger partial charge in [0.25, 0.3) is 0 Å². The number of carbonyl (C=O) groups is 1. The molecule has 1 atom stereocenters. The number of benzene rings is 2. The molecule has 3 heterocycles. The van der Waals surface area contributed by atoms with Gasteiger partial charge in [0.1, 0.15) is 16.3 Å². The summed E-state index contributed by atoms with van der Waals surface area (Å²) in [4.78, 5) is 23.5. The van der Waals surface area contributed by atoms with Gasteiger partial charge in [0, 0.05) is 48.9 Å². The zero-order valence-electron chi connectivity index (χ0n) is 25.0. The number of H-pyrrole nitrogens is 1. The lowest BCUT2D eigenvalue weighted by Crippen LogP contribution is -2.31. The Hall–Kier alpha value is -4.00. The van der Waals surface area contributed by atoms with Gasteiger partial charge in [0.15, 0.2) is 0 Å². The molecule has 2 aromatic carbocycles. The van der Waals surface area contributed by atoms with Crippen LogP contribution >= 0.6 is 12.2 Å². The first-order valence-electron chi connectivity index (χ1n) is 14.2. The second kappa shape index (κ2) is 12.9. The number of anilines is 2. The molecule has 1 saturated heterocycles. The van der Waals surface area contributed by atoms with E-state index in [1.807, 2.05) is 45.3 Å². The Kier molecular flexibility index (Phi) is 9.23. The van der Waals surface area contributed by atoms with Crippen molar-refractivity contribution >= 4 is 45.6 Å². The van der Waals surface area contributed by atoms with Gasteiger partial charge in [-0.15, -0.1) is 0 Å². The predicted molar refractivity (Wildman–Crippen MR) is 170 cm³/mol. The molecule has 0 bridgehead atoms. The van der Waals surface area contributed by atoms with Crippen molar-refractivity contribution in [1.29, 1.82) is 0 Å². The molecule has 2 aromatic heterocycles. The van der Waals surface area contributed by atoms with E-state index in [0.717, 1.165) is 47.8 Å². The quantitative estimate of drug-likeness (QED) is 0.150. The normalized spacial score (nSPS) is 15.6. The first kappa shape index (κ1) is 31.4. The average molecular weight is 625 g/mol. The van der Waals surface area contributed by atoms with Crippen LogP contribution in [0.5, 0.6) is 0 Å². The van der Waals surface area contributed by atoms with Crippen molar-refractivity contribution in [3.05, 3.63) is 88.2 Å². The fraction of sp³-hybridized carbons (Fsp3) is 0.344. The number of thiocarbonyl (C=S) groups is 1. The van der Waals surface area contributed by atoms with Crippen LogP contribution in [0.4, 0.5) is 24.5 Å². The predicted octanol–water partition coefficient (Wildman–Crippen LogP) is 6.21. The summed E-state index contributed by atoms with van der Waals surface area (Å²) in [5.74, 6) is -0.471. The number of likely N-dealkylation sites (tertiary alicyclic amines) is 1. The summed E-state index contributed by atoms with van der Waals surface area (Å²) in [5, 5.41) is 7.22. The van der Waals surface area contributed by atoms with Crippen molar-refractivity contribution in [3.63, 3.8) is 0 Å². The Morgan fingerprint density at radius 1 is 1.14 bits per heavy atom. The molecule has 0 amide bonds. The highest BCUT2D eigenvalue weighted by Gasteiger charge is 2.35. The van der Waals surface area contributed by atoms with Gasteiger partial charge in [0.05, 0.1) is 24.6 Å². The molecule has 0 saturated carbocycles. The maximum atomic E-state index is 14.1. The first-order chi connectivity index (χ1) is 20.9. The third kappa shape index (κ3) is 7.20. The number of aryl methyl sites for hydroxylation is 1. The number of aromatic nitrogens is 2. The van der Waals surface area contributed by atoms with Gasteiger partial charge >= 0.3 is 12.1 Å². The van der Waals surface area contributed by atoms with Crippen LogP contribution in [-0.2, 0) is 24.0 Å². The van der Waals surface area contributed by atoms with Gasteiger partial charge < -0.3 is 25.3 Å². The summed E-state index contributed by atoms with van der Waals surface area (Å²) >= 11 is 5.55. The SMILES string of the molecule is COC(=O)c1cc2cc(NCc3cc(NC(=S)c4ccc(CN5CCC(N(C)C)C5)c(C(F)(F)F)c4)ccc3C)cnc2[nH]1. The minimum Gasteiger partial charge on any atom is -0.464 e. The number of halogens is 3. The van der Waals surface area contributed by atoms with E-state index in [1.54, 1.807) is 24.4 Å². The van der Waals surface area contributed by atoms with Crippen LogP contribution in [0.1, 0.15) is 44.7 Å². The van der Waals surface area contributed by atoms with Crippen LogP contribution < -0.4 is 10.6 Å². The van der Waals surface area contributed by atoms with Crippen molar-refractivity contribution in [3.8, 4) is 0 Å². The van der Waals surface area contributed by atoms with Gasteiger partial charge in [-0.05, 0) is 74.5 Å². The number of methoxy groups -OCH3 is 1. The van der Waals surface area contributed by atoms with Crippen molar-refractivity contribution in [2.45, 2.75) is 38.7 Å². The maximum Gasteiger partial charge on any atom is 0.416 e. The zero-order chi connectivity index (χ0) is 31.6. The van der Waals surface area contributed by atoms with Gasteiger partial charge in [-0.2, -0.15) is 13.2 Å². The van der Waals surface area contributed by atoms with E-state index >= 15 is 0 Å². The van der Waals surface area contributed by atoms with Crippen LogP contribution in [0.2, 0.25) is 0 Å². The van der Waals surface area contributed by atoms with Crippen LogP contribution in [-0.4, -0.2) is 71.1 Å². The van der Waals surface area contributed by atoms with E-state index in [-0.39, 0.29) is 17.1 Å². The number of esters is 1. The van der Waals surface area contributed by atoms with E-state index in [4.69, 9.17) is 17.0 Å². The van der Waals surface area contributed by atoms with Crippen molar-refractivity contribution in [2.75, 3.05) is 44.9 Å². The largest absolute Gasteiger partial charge is 0.464 e. The van der Waals surface area contributed by atoms with Gasteiger partial charge in [-0.1, -0.05) is 30.4 Å². The number of rotatable bonds is 9. The highest BCUT2D eigenvalue weighted by molar-refractivity contribution is 7.81. The Labute approximate surface area is 259 Å². The standard InChI is InChI=1S/C32H35F3N6O2S/c1-19-5-8-24(12-23(19)15-36-25-11-22-14-28(31(42)43-4)39-29(22)37-16-25)38-30(44)20-6-7-21(27(13-20)32(33,34)35)17-41-10-9-26(18-41)40(2)3/h5-8,11-14,16,26,36H,9-10,15,17-18H2,1-4H3,(H,37,39)(H,38,44). The van der Waals surface area contributed by atoms with Crippen molar-refractivity contribution in [2.24, 2.45) is 0 Å². The number of nitrogens with one attached hydrogen (secondary N) is 3. The second-order valence-electron chi connectivity index (χ2n) is 11.3. The number of alkyl halides is 3. The molecule has 0 radical (unpaired) electrons. The van der Waals surface area contributed by atoms with Crippen LogP contribution in [0.3, 0.4) is 0 Å². The van der Waals surface area contributed by atoms with E-state index < -0.39 is 17.7 Å². The lowest BCUT2D eigenvalue weighted by atomic mass is 10.0. The lowest BCUT2D eigenvalue weighted by Gasteiger charge is -2.22. The van der Waals surface area contributed by atoms with Crippen LogP contribution in [0.25, 0.3) is 11.0 Å². The molecule has 0 aliphatic carbocycles. The molecule has 1 fully saturated rings. The monoisotopic (exact) mass is 624 g/mol. The van der Waals surface area contributed by atoms with E-state index in [1.165, 1.54) is 7.11 Å². The summed E-state index contributed by atoms with van der Waals surface area (Å²) in [6.45, 7) is 4.19. The molecule has 3 N–H and O–H groups in total. The van der Waals surface area contributed by atoms with Gasteiger partial charge in [-0.25, -0.2) is 9.78 Å². The Balaban J connectivity index is 1.27. The fourth-order valence-corrected chi connectivity index (χ4v) is 5.65. The van der Waals surface area contributed by atoms with Crippen LogP contribution in [0.15, 0.2) is 54.7 Å². The number of fused-ring (bicyclic) bond motifs is 1. The minimum absolute atomic E-state index is 0.210. The molecule has 44 heavy (non-hydrogen) atoms. The molecule has 12 heteroatoms. The van der Waals surface area contributed by atoms with E-state index in [0.29, 0.717) is 35.2 Å². The molecule has 1 aliphatic heterocycles. The summed E-state index contributed by atoms with van der Waals surface area (Å²) in [6, 6.07) is 13.9. The highest BCUT2D eigenvalue weighted by atomic mass is 32.1. The maximum absolute atomic E-state index is 14.1. The molecular weight excluding hydrogens is 589 g/mol. The molecule has 0 spiro atoms. The first-order valence-corrected chi connectivity index (χ1v) is 14.6. The van der Waals surface area contributed by atoms with E-state index in [2.05, 4.69) is 30.4 Å². The molecular formula is C32H35F3N6O2S. The fourth-order valence-electron chi connectivity index (χ4n) is 5.41. The molecule has 1 aliphatic rings. The average Bonchev–Trinajstić information content (AvgIpc) is 3.64. The van der Waals surface area contributed by atoms with Gasteiger partial charge in [0.2, 0.25) is 0 Å². The Morgan fingerprint density at radius 2 is 1.93 bits per heavy atom. The number of aromatic amines is 1. The number of carbonyl (C=O) groups excluding carboxylic acids is 1. The topological polar surface area (TPSA) is 85.5 Å². The number of ether oxygens (including phenoxy) is 1. The molecule has 1 unspecified atom stereocenters. The lowest BCUT2D eigenvalue weighted by molar-refractivity contribution is -0.138. The number of likely N-dealkylation sites (N-methyl/N-ethyl adjacent to an activating group) is 1. The summed E-state index contributed by atoms with van der Waals surface area (Å²) < 4.78 is 47.2. The summed E-state index contributed by atoms with van der Waals surface area (Å²) in [6.07, 6.45) is -1.90. The molecule has 5 rings (SSSR count). The Bertz CT molecular complexity index is 1690. The third-order valence-corrected chi connectivity index (χ3v) is 8.35. The Morgan fingerprint density at radius 3 is 2.64 bits per heavy atom. The summed E-state index contributed by atoms with van der Waals surface area (Å²) in [5.41, 5.74) is 4.21. The number of hydrogen-bond acceptors (Lipinski definition) is 7. The molecule has 8 nitrogen and oxygen atoms in total. The number of nitrogens with zero attached hydrogens (tertiary/aromatic N) is 3. The van der Waals surface area contributed by atoms with Crippen LogP contribution in [0, 0.1) is 6.92 Å². The zero-order valence-corrected chi connectivity index (χ0v) is 25.8. The molecule has 232 valence electrons. The van der Waals surface area contributed by atoms with Crippen molar-refractivity contribution < 1.29 is 22.7 Å². The minimum atomic E-state index is -4.50. The van der Waals surface area contributed by atoms with Gasteiger partial charge in [-0.3, -0.25) is 4.90 Å². The summed E-state index contributed by atoms with van der Waals surface area (Å²) in [7, 11) is 5.31. The number of hydrogen-bond donors (Lipinski definition) is 3. The smallest absolute Gasteiger partial charge is 0.416 e. The second-order valence-corrected chi connectivity index (χ2v) is 11.7. The molecule has 4 aromatic rings. The van der Waals surface area contributed by atoms with Crippen molar-refractivity contribution in [1.82, 2.24) is 19.8 Å². The number of pyridine rings is 1. The van der Waals surface area contributed by atoms with E-state index in [9.17, 15) is 18.0 Å². The highest BCUT2D eigenvalue weighted by Crippen LogP contribution is 2.34. The third-order valence-electron chi connectivity index (χ3n) is 8.01.